The van der Waals surface area contributed by atoms with Gasteiger partial charge in [0.05, 0.1) is 0 Å². The van der Waals surface area contributed by atoms with E-state index in [1.165, 1.54) is 0 Å². The number of aryl methyl sites for hydroxylation is 1. The van der Waals surface area contributed by atoms with Crippen LogP contribution in [0, 0.1) is 0 Å². The molecule has 2 amide bonds. The molecule has 4 aromatic rings. The molecule has 0 spiro atoms. The van der Waals surface area contributed by atoms with Gasteiger partial charge in [0.25, 0.3) is 0 Å². The molecule has 0 saturated carbocycles. The first kappa shape index (κ1) is 26.4. The van der Waals surface area contributed by atoms with E-state index in [1.54, 1.807) is 4.90 Å². The van der Waals surface area contributed by atoms with Crippen molar-refractivity contribution in [2.75, 3.05) is 6.54 Å². The van der Waals surface area contributed by atoms with E-state index in [-0.39, 0.29) is 18.4 Å². The zero-order chi connectivity index (χ0) is 26.0. The van der Waals surface area contributed by atoms with Gasteiger partial charge in [0, 0.05) is 31.0 Å². The van der Waals surface area contributed by atoms with Crippen LogP contribution < -0.4 is 5.32 Å². The standard InChI is InChI=1S/C32H33ClN2O2/c1-2-21-34-32(37)30(22-24-11-4-3-5-12-24)35(23-27-14-7-9-18-29(27)33)31(36)20-19-26-16-10-15-25-13-6-8-17-28(25)26/h3-18,30H,2,19-23H2,1H3,(H,34,37)/t30-/m1/s1. The van der Waals surface area contributed by atoms with Crippen molar-refractivity contribution in [3.05, 3.63) is 119 Å². The SMILES string of the molecule is CCCNC(=O)[C@@H](Cc1ccccc1)N(Cc1ccccc1Cl)C(=O)CCc1cccc2ccccc12. The van der Waals surface area contributed by atoms with E-state index >= 15 is 0 Å². The van der Waals surface area contributed by atoms with Gasteiger partial charge >= 0.3 is 0 Å². The number of nitrogens with zero attached hydrogens (tertiary/aromatic N) is 1. The Morgan fingerprint density at radius 3 is 2.30 bits per heavy atom. The summed E-state index contributed by atoms with van der Waals surface area (Å²) >= 11 is 6.50. The van der Waals surface area contributed by atoms with Crippen molar-refractivity contribution in [1.29, 1.82) is 0 Å². The smallest absolute Gasteiger partial charge is 0.243 e. The van der Waals surface area contributed by atoms with Crippen molar-refractivity contribution < 1.29 is 9.59 Å². The summed E-state index contributed by atoms with van der Waals surface area (Å²) in [4.78, 5) is 29.0. The first-order valence-corrected chi connectivity index (χ1v) is 13.3. The number of fused-ring (bicyclic) bond motifs is 1. The second kappa shape index (κ2) is 13.1. The molecule has 0 aliphatic carbocycles. The second-order valence-corrected chi connectivity index (χ2v) is 9.66. The van der Waals surface area contributed by atoms with Gasteiger partial charge < -0.3 is 10.2 Å². The number of rotatable bonds is 11. The Hall–Kier alpha value is -3.63. The summed E-state index contributed by atoms with van der Waals surface area (Å²) in [5.74, 6) is -0.211. The van der Waals surface area contributed by atoms with E-state index in [9.17, 15) is 9.59 Å². The largest absolute Gasteiger partial charge is 0.354 e. The fourth-order valence-corrected chi connectivity index (χ4v) is 4.82. The van der Waals surface area contributed by atoms with Crippen molar-refractivity contribution in [3.63, 3.8) is 0 Å². The molecular formula is C32H33ClN2O2. The second-order valence-electron chi connectivity index (χ2n) is 9.25. The van der Waals surface area contributed by atoms with Crippen LogP contribution in [0.25, 0.3) is 10.8 Å². The van der Waals surface area contributed by atoms with Crippen LogP contribution in [0.4, 0.5) is 0 Å². The summed E-state index contributed by atoms with van der Waals surface area (Å²) in [6, 6.07) is 31.1. The number of hydrogen-bond acceptors (Lipinski definition) is 2. The minimum atomic E-state index is -0.648. The van der Waals surface area contributed by atoms with Gasteiger partial charge in [0.15, 0.2) is 0 Å². The highest BCUT2D eigenvalue weighted by molar-refractivity contribution is 6.31. The third kappa shape index (κ3) is 6.99. The molecule has 37 heavy (non-hydrogen) atoms. The minimum absolute atomic E-state index is 0.0690. The summed E-state index contributed by atoms with van der Waals surface area (Å²) in [5.41, 5.74) is 2.95. The molecule has 5 heteroatoms. The van der Waals surface area contributed by atoms with Crippen LogP contribution in [-0.2, 0) is 29.0 Å². The molecule has 0 radical (unpaired) electrons. The third-order valence-electron chi connectivity index (χ3n) is 6.61. The topological polar surface area (TPSA) is 49.4 Å². The normalized spacial score (nSPS) is 11.7. The summed E-state index contributed by atoms with van der Waals surface area (Å²) < 4.78 is 0. The average Bonchev–Trinajstić information content (AvgIpc) is 2.93. The predicted molar refractivity (Wildman–Crippen MR) is 152 cm³/mol. The van der Waals surface area contributed by atoms with Gasteiger partial charge in [-0.25, -0.2) is 0 Å². The maximum atomic E-state index is 13.9. The van der Waals surface area contributed by atoms with Crippen LogP contribution >= 0.6 is 11.6 Å². The molecule has 0 unspecified atom stereocenters. The maximum Gasteiger partial charge on any atom is 0.243 e. The van der Waals surface area contributed by atoms with E-state index in [2.05, 4.69) is 29.6 Å². The minimum Gasteiger partial charge on any atom is -0.354 e. The lowest BCUT2D eigenvalue weighted by molar-refractivity contribution is -0.141. The van der Waals surface area contributed by atoms with Gasteiger partial charge in [-0.05, 0) is 46.4 Å². The number of nitrogens with one attached hydrogen (secondary N) is 1. The van der Waals surface area contributed by atoms with Crippen LogP contribution in [0.3, 0.4) is 0 Å². The molecule has 0 aromatic heterocycles. The maximum absolute atomic E-state index is 13.9. The highest BCUT2D eigenvalue weighted by Gasteiger charge is 2.30. The van der Waals surface area contributed by atoms with Gasteiger partial charge in [0.1, 0.15) is 6.04 Å². The molecule has 1 N–H and O–H groups in total. The molecule has 4 aromatic carbocycles. The Kier molecular flexibility index (Phi) is 9.34. The van der Waals surface area contributed by atoms with E-state index in [0.29, 0.717) is 30.8 Å². The van der Waals surface area contributed by atoms with E-state index in [1.807, 2.05) is 79.7 Å². The molecule has 0 aliphatic rings. The number of amides is 2. The Bertz CT molecular complexity index is 1330. The zero-order valence-corrected chi connectivity index (χ0v) is 22.0. The number of halogens is 1. The van der Waals surface area contributed by atoms with Gasteiger partial charge in [-0.1, -0.05) is 110 Å². The zero-order valence-electron chi connectivity index (χ0n) is 21.2. The van der Waals surface area contributed by atoms with Crippen molar-refractivity contribution in [2.45, 2.75) is 45.2 Å². The lowest BCUT2D eigenvalue weighted by atomic mass is 9.99. The van der Waals surface area contributed by atoms with Crippen molar-refractivity contribution in [2.24, 2.45) is 0 Å². The summed E-state index contributed by atoms with van der Waals surface area (Å²) in [6.07, 6.45) is 2.14. The highest BCUT2D eigenvalue weighted by Crippen LogP contribution is 2.23. The molecular weight excluding hydrogens is 480 g/mol. The highest BCUT2D eigenvalue weighted by atomic mass is 35.5. The van der Waals surface area contributed by atoms with Gasteiger partial charge in [-0.3, -0.25) is 9.59 Å². The van der Waals surface area contributed by atoms with Gasteiger partial charge in [-0.2, -0.15) is 0 Å². The molecule has 0 fully saturated rings. The number of hydrogen-bond donors (Lipinski definition) is 1. The average molecular weight is 513 g/mol. The summed E-state index contributed by atoms with van der Waals surface area (Å²) in [7, 11) is 0. The number of carbonyl (C=O) groups is 2. The lowest BCUT2D eigenvalue weighted by Crippen LogP contribution is -2.50. The Morgan fingerprint density at radius 2 is 1.51 bits per heavy atom. The van der Waals surface area contributed by atoms with Gasteiger partial charge in [0.2, 0.25) is 11.8 Å². The molecule has 0 bridgehead atoms. The van der Waals surface area contributed by atoms with Crippen molar-refractivity contribution >= 4 is 34.2 Å². The van der Waals surface area contributed by atoms with Gasteiger partial charge in [-0.15, -0.1) is 0 Å². The summed E-state index contributed by atoms with van der Waals surface area (Å²) in [6.45, 7) is 2.85. The lowest BCUT2D eigenvalue weighted by Gasteiger charge is -2.32. The van der Waals surface area contributed by atoms with E-state index in [0.717, 1.165) is 33.9 Å². The summed E-state index contributed by atoms with van der Waals surface area (Å²) in [5, 5.41) is 5.91. The van der Waals surface area contributed by atoms with Crippen LogP contribution in [0.2, 0.25) is 5.02 Å². The van der Waals surface area contributed by atoms with E-state index in [4.69, 9.17) is 11.6 Å². The Balaban J connectivity index is 1.64. The van der Waals surface area contributed by atoms with Crippen LogP contribution in [0.1, 0.15) is 36.5 Å². The predicted octanol–water partition coefficient (Wildman–Crippen LogP) is 6.59. The molecule has 0 saturated heterocycles. The number of carbonyl (C=O) groups excluding carboxylic acids is 2. The Labute approximate surface area is 224 Å². The van der Waals surface area contributed by atoms with Crippen LogP contribution in [0.5, 0.6) is 0 Å². The van der Waals surface area contributed by atoms with Crippen molar-refractivity contribution in [1.82, 2.24) is 10.2 Å². The quantitative estimate of drug-likeness (QED) is 0.246. The number of benzene rings is 4. The van der Waals surface area contributed by atoms with Crippen LogP contribution in [-0.4, -0.2) is 29.3 Å². The molecule has 0 heterocycles. The molecule has 190 valence electrons. The van der Waals surface area contributed by atoms with E-state index < -0.39 is 6.04 Å². The fourth-order valence-electron chi connectivity index (χ4n) is 4.63. The fraction of sp³-hybridized carbons (Fsp3) is 0.250. The molecule has 4 rings (SSSR count). The first-order chi connectivity index (χ1) is 18.1. The molecule has 0 aliphatic heterocycles. The van der Waals surface area contributed by atoms with Crippen molar-refractivity contribution in [3.8, 4) is 0 Å². The first-order valence-electron chi connectivity index (χ1n) is 12.9. The monoisotopic (exact) mass is 512 g/mol. The molecule has 1 atom stereocenters. The third-order valence-corrected chi connectivity index (χ3v) is 6.98. The van der Waals surface area contributed by atoms with Crippen LogP contribution in [0.15, 0.2) is 97.1 Å². The molecule has 4 nitrogen and oxygen atoms in total. The Morgan fingerprint density at radius 1 is 0.838 bits per heavy atom.